The third kappa shape index (κ3) is 7.60. The zero-order valence-corrected chi connectivity index (χ0v) is 27.2. The van der Waals surface area contributed by atoms with Crippen LogP contribution in [0.4, 0.5) is 8.78 Å². The highest BCUT2D eigenvalue weighted by Gasteiger charge is 2.47. The molecular formula is C30H36F2N4O6S2. The molecule has 2 heterocycles. The van der Waals surface area contributed by atoms with Crippen LogP contribution in [0.1, 0.15) is 24.0 Å². The van der Waals surface area contributed by atoms with E-state index in [0.717, 1.165) is 0 Å². The van der Waals surface area contributed by atoms with Gasteiger partial charge in [-0.1, -0.05) is 24.4 Å². The van der Waals surface area contributed by atoms with E-state index in [-0.39, 0.29) is 47.4 Å². The van der Waals surface area contributed by atoms with Crippen molar-refractivity contribution in [1.29, 1.82) is 0 Å². The Bertz CT molecular complexity index is 1350. The largest absolute Gasteiger partial charge is 0.450 e. The fraction of sp³-hybridized carbons (Fsp3) is 0.467. The number of esters is 2. The summed E-state index contributed by atoms with van der Waals surface area (Å²) in [5.41, 5.74) is 0.632. The van der Waals surface area contributed by atoms with Gasteiger partial charge in [-0.3, -0.25) is 0 Å². The van der Waals surface area contributed by atoms with Gasteiger partial charge in [0.25, 0.3) is 11.6 Å². The number of likely N-dealkylation sites (N-methyl/N-ethyl adjacent to an activating group) is 2. The average molecular weight is 651 g/mol. The van der Waals surface area contributed by atoms with Gasteiger partial charge in [-0.05, 0) is 64.6 Å². The van der Waals surface area contributed by atoms with E-state index in [4.69, 9.17) is 43.4 Å². The summed E-state index contributed by atoms with van der Waals surface area (Å²) in [6.07, 6.45) is 0.280. The molecule has 0 aromatic heterocycles. The van der Waals surface area contributed by atoms with E-state index in [0.29, 0.717) is 24.2 Å². The fourth-order valence-electron chi connectivity index (χ4n) is 4.94. The minimum Gasteiger partial charge on any atom is -0.450 e. The highest BCUT2D eigenvalue weighted by molar-refractivity contribution is 7.81. The second-order valence-electron chi connectivity index (χ2n) is 11.5. The average Bonchev–Trinajstić information content (AvgIpc) is 3.11. The second kappa shape index (κ2) is 13.3. The summed E-state index contributed by atoms with van der Waals surface area (Å²) in [5.74, 6) is -6.64. The second-order valence-corrected chi connectivity index (χ2v) is 12.3. The number of halogens is 2. The van der Waals surface area contributed by atoms with E-state index in [9.17, 15) is 18.4 Å². The Hall–Kier alpha value is -3.46. The Balaban J connectivity index is 1.66. The van der Waals surface area contributed by atoms with E-state index < -0.39 is 35.1 Å². The first-order valence-corrected chi connectivity index (χ1v) is 14.7. The first kappa shape index (κ1) is 33.4. The van der Waals surface area contributed by atoms with Crippen molar-refractivity contribution >= 4 is 46.4 Å². The van der Waals surface area contributed by atoms with Gasteiger partial charge >= 0.3 is 11.9 Å². The van der Waals surface area contributed by atoms with Crippen LogP contribution in [0.5, 0.6) is 11.5 Å². The van der Waals surface area contributed by atoms with Crippen molar-refractivity contribution in [2.24, 2.45) is 0 Å². The van der Waals surface area contributed by atoms with E-state index in [2.05, 4.69) is 0 Å². The maximum atomic E-state index is 14.1. The highest BCUT2D eigenvalue weighted by atomic mass is 32.1. The molecule has 0 fully saturated rings. The molecule has 2 aromatic rings. The normalized spacial score (nSPS) is 21.6. The molecule has 44 heavy (non-hydrogen) atoms. The van der Waals surface area contributed by atoms with Gasteiger partial charge in [0, 0.05) is 40.0 Å². The van der Waals surface area contributed by atoms with Gasteiger partial charge in [0.2, 0.25) is 0 Å². The molecule has 2 atom stereocenters. The molecular weight excluding hydrogens is 614 g/mol. The van der Waals surface area contributed by atoms with Crippen molar-refractivity contribution in [3.8, 4) is 11.5 Å². The smallest absolute Gasteiger partial charge is 0.420 e. The molecule has 10 nitrogen and oxygen atoms in total. The molecule has 0 saturated carbocycles. The summed E-state index contributed by atoms with van der Waals surface area (Å²) in [6, 6.07) is 7.72. The van der Waals surface area contributed by atoms with Crippen LogP contribution >= 0.6 is 24.4 Å². The van der Waals surface area contributed by atoms with E-state index in [1.54, 1.807) is 23.9 Å². The number of nitrogens with zero attached hydrogens (tertiary/aromatic N) is 4. The minimum absolute atomic E-state index is 0.0484. The lowest BCUT2D eigenvalue weighted by Crippen LogP contribution is -2.54. The third-order valence-electron chi connectivity index (χ3n) is 7.19. The van der Waals surface area contributed by atoms with Crippen molar-refractivity contribution in [1.82, 2.24) is 19.6 Å². The highest BCUT2D eigenvalue weighted by Crippen LogP contribution is 2.35. The van der Waals surface area contributed by atoms with Gasteiger partial charge in [0.15, 0.2) is 0 Å². The molecule has 0 radical (unpaired) electrons. The molecule has 0 saturated heterocycles. The Morgan fingerprint density at radius 3 is 1.48 bits per heavy atom. The lowest BCUT2D eigenvalue weighted by atomic mass is 10.1. The van der Waals surface area contributed by atoms with Crippen molar-refractivity contribution in [3.63, 3.8) is 0 Å². The standard InChI is InChI=1S/C30H36F2N4O6S2/c1-33(2)13-11-29(17-35(5)25(43)21-15-19(31)7-9-23(21)39-29)41-27(37)28(38)42-30(12-14-34(3)4)18-36(6)26(44)22-16-20(32)8-10-24(22)40-30/h7-10,15-16H,11-14,17-18H2,1-6H3. The predicted molar refractivity (Wildman–Crippen MR) is 167 cm³/mol. The van der Waals surface area contributed by atoms with Gasteiger partial charge in [0.1, 0.15) is 33.1 Å². The lowest BCUT2D eigenvalue weighted by molar-refractivity contribution is -0.227. The van der Waals surface area contributed by atoms with Crippen LogP contribution in [0.15, 0.2) is 36.4 Å². The number of ether oxygens (including phenoxy) is 4. The summed E-state index contributed by atoms with van der Waals surface area (Å²) >= 11 is 11.1. The summed E-state index contributed by atoms with van der Waals surface area (Å²) in [5, 5.41) is 0. The van der Waals surface area contributed by atoms with Crippen LogP contribution in [0.25, 0.3) is 0 Å². The Labute approximate surface area is 266 Å². The summed E-state index contributed by atoms with van der Waals surface area (Å²) in [7, 11) is 10.7. The molecule has 238 valence electrons. The van der Waals surface area contributed by atoms with Gasteiger partial charge < -0.3 is 38.5 Å². The van der Waals surface area contributed by atoms with Gasteiger partial charge in [-0.2, -0.15) is 0 Å². The number of benzene rings is 2. The summed E-state index contributed by atoms with van der Waals surface area (Å²) in [6.45, 7) is 0.719. The first-order valence-electron chi connectivity index (χ1n) is 13.9. The predicted octanol–water partition coefficient (Wildman–Crippen LogP) is 3.05. The van der Waals surface area contributed by atoms with E-state index >= 15 is 0 Å². The fourth-order valence-corrected chi connectivity index (χ4v) is 5.39. The number of carbonyl (C=O) groups is 2. The zero-order valence-electron chi connectivity index (χ0n) is 25.5. The molecule has 0 N–H and O–H groups in total. The molecule has 2 unspecified atom stereocenters. The Morgan fingerprint density at radius 1 is 0.773 bits per heavy atom. The molecule has 2 aromatic carbocycles. The molecule has 14 heteroatoms. The van der Waals surface area contributed by atoms with Crippen LogP contribution < -0.4 is 9.47 Å². The maximum absolute atomic E-state index is 14.1. The van der Waals surface area contributed by atoms with Gasteiger partial charge in [-0.15, -0.1) is 0 Å². The molecule has 0 aliphatic carbocycles. The monoisotopic (exact) mass is 650 g/mol. The quantitative estimate of drug-likeness (QED) is 0.239. The van der Waals surface area contributed by atoms with Crippen molar-refractivity contribution in [3.05, 3.63) is 59.2 Å². The van der Waals surface area contributed by atoms with Crippen molar-refractivity contribution in [2.45, 2.75) is 24.4 Å². The Kier molecular flexibility index (Phi) is 10.1. The first-order chi connectivity index (χ1) is 20.6. The lowest BCUT2D eigenvalue weighted by Gasteiger charge is -2.37. The SMILES string of the molecule is CN(C)CCC1(OC(=O)C(=O)OC2(CCN(C)C)CN(C)C(=S)c3cc(F)ccc3O2)CN(C)C(=S)c2cc(F)ccc2O1. The molecule has 2 aliphatic rings. The van der Waals surface area contributed by atoms with E-state index in [1.165, 1.54) is 36.4 Å². The molecule has 0 amide bonds. The number of hydrogen-bond donors (Lipinski definition) is 0. The molecule has 2 aliphatic heterocycles. The number of carbonyl (C=O) groups excluding carboxylic acids is 2. The van der Waals surface area contributed by atoms with Crippen LogP contribution in [0, 0.1) is 11.6 Å². The molecule has 0 spiro atoms. The van der Waals surface area contributed by atoms with Crippen LogP contribution in [-0.2, 0) is 19.1 Å². The number of fused-ring (bicyclic) bond motifs is 2. The minimum atomic E-state index is -1.69. The number of hydrogen-bond acceptors (Lipinski definition) is 10. The van der Waals surface area contributed by atoms with Crippen molar-refractivity contribution in [2.75, 3.05) is 68.5 Å². The zero-order chi connectivity index (χ0) is 32.4. The van der Waals surface area contributed by atoms with Crippen LogP contribution in [0.2, 0.25) is 0 Å². The summed E-state index contributed by atoms with van der Waals surface area (Å²) in [4.78, 5) is 34.6. The Morgan fingerprint density at radius 2 is 1.14 bits per heavy atom. The molecule has 4 rings (SSSR count). The molecule has 0 bridgehead atoms. The summed E-state index contributed by atoms with van der Waals surface area (Å²) < 4.78 is 52.4. The number of rotatable bonds is 8. The topological polar surface area (TPSA) is 84.0 Å². The van der Waals surface area contributed by atoms with E-state index in [1.807, 2.05) is 38.0 Å². The van der Waals surface area contributed by atoms with Crippen LogP contribution in [-0.4, -0.2) is 122 Å². The van der Waals surface area contributed by atoms with Gasteiger partial charge in [-0.25, -0.2) is 18.4 Å². The number of thiocarbonyl (C=S) groups is 2. The van der Waals surface area contributed by atoms with Gasteiger partial charge in [0.05, 0.1) is 24.2 Å². The third-order valence-corrected chi connectivity index (χ3v) is 8.25. The van der Waals surface area contributed by atoms with Crippen LogP contribution in [0.3, 0.4) is 0 Å². The maximum Gasteiger partial charge on any atom is 0.420 e. The van der Waals surface area contributed by atoms with Crippen molar-refractivity contribution < 1.29 is 37.3 Å².